The van der Waals surface area contributed by atoms with Crippen LogP contribution in [0.1, 0.15) is 32.1 Å². The zero-order valence-electron chi connectivity index (χ0n) is 13.3. The van der Waals surface area contributed by atoms with E-state index < -0.39 is 17.5 Å². The van der Waals surface area contributed by atoms with Crippen molar-refractivity contribution in [2.45, 2.75) is 37.6 Å². The number of aryl methyl sites for hydroxylation is 1. The molecular weight excluding hydrogens is 316 g/mol. The van der Waals surface area contributed by atoms with Crippen molar-refractivity contribution in [1.29, 1.82) is 0 Å². The number of rotatable bonds is 2. The first-order valence-electron chi connectivity index (χ1n) is 7.73. The predicted molar refractivity (Wildman–Crippen MR) is 84.5 cm³/mol. The Morgan fingerprint density at radius 1 is 1.26 bits per heavy atom. The minimum atomic E-state index is -0.747. The second kappa shape index (κ2) is 5.92. The minimum absolute atomic E-state index is 0.246. The molecule has 0 bridgehead atoms. The molecule has 2 fully saturated rings. The lowest BCUT2D eigenvalue weighted by Gasteiger charge is -2.35. The molecule has 7 nitrogen and oxygen atoms in total. The highest BCUT2D eigenvalue weighted by molar-refractivity contribution is 7.07. The van der Waals surface area contributed by atoms with Crippen LogP contribution in [-0.4, -0.2) is 51.3 Å². The second-order valence-corrected chi connectivity index (χ2v) is 7.00. The van der Waals surface area contributed by atoms with Crippen LogP contribution in [0.5, 0.6) is 0 Å². The number of likely N-dealkylation sites (N-methyl/N-ethyl adjacent to an activating group) is 1. The van der Waals surface area contributed by atoms with Crippen LogP contribution in [-0.2, 0) is 16.6 Å². The predicted octanol–water partition coefficient (Wildman–Crippen LogP) is 1.11. The van der Waals surface area contributed by atoms with Crippen LogP contribution >= 0.6 is 11.3 Å². The van der Waals surface area contributed by atoms with Crippen LogP contribution in [0.4, 0.5) is 4.79 Å². The topological polar surface area (TPSA) is 75.0 Å². The summed E-state index contributed by atoms with van der Waals surface area (Å²) in [5, 5.41) is 1.82. The summed E-state index contributed by atoms with van der Waals surface area (Å²) in [7, 11) is 3.45. The van der Waals surface area contributed by atoms with Crippen LogP contribution in [0.2, 0.25) is 0 Å². The van der Waals surface area contributed by atoms with E-state index in [-0.39, 0.29) is 12.5 Å². The van der Waals surface area contributed by atoms with Crippen molar-refractivity contribution in [1.82, 2.24) is 14.4 Å². The van der Waals surface area contributed by atoms with Crippen LogP contribution in [0.15, 0.2) is 16.6 Å². The van der Waals surface area contributed by atoms with Crippen molar-refractivity contribution in [2.75, 3.05) is 13.6 Å². The van der Waals surface area contributed by atoms with Crippen LogP contribution < -0.4 is 4.80 Å². The van der Waals surface area contributed by atoms with E-state index in [1.807, 2.05) is 5.38 Å². The average molecular weight is 336 g/mol. The smallest absolute Gasteiger partial charge is 0.327 e. The first-order chi connectivity index (χ1) is 11.0. The third-order valence-electron chi connectivity index (χ3n) is 4.76. The lowest BCUT2D eigenvalue weighted by molar-refractivity contribution is -0.136. The number of thiazole rings is 1. The molecule has 0 aromatic carbocycles. The Balaban J connectivity index is 1.81. The van der Waals surface area contributed by atoms with E-state index in [1.165, 1.54) is 16.2 Å². The SMILES string of the molecule is CN1C(=O)N(CC(=O)N=c2sccn2C)C(=O)C12CCCCC2. The van der Waals surface area contributed by atoms with E-state index in [1.54, 1.807) is 24.9 Å². The quantitative estimate of drug-likeness (QED) is 0.759. The standard InChI is InChI=1S/C15H20N4O3S/c1-17-8-9-23-13(17)16-11(20)10-19-12(21)15(18(2)14(19)22)6-4-3-5-7-15/h8-9H,3-7,10H2,1-2H3. The molecule has 1 saturated carbocycles. The molecule has 0 radical (unpaired) electrons. The van der Waals surface area contributed by atoms with Crippen molar-refractivity contribution in [3.05, 3.63) is 16.4 Å². The molecule has 23 heavy (non-hydrogen) atoms. The van der Waals surface area contributed by atoms with E-state index in [9.17, 15) is 14.4 Å². The van der Waals surface area contributed by atoms with E-state index in [2.05, 4.69) is 4.99 Å². The van der Waals surface area contributed by atoms with Crippen molar-refractivity contribution in [3.8, 4) is 0 Å². The molecule has 2 aliphatic rings. The van der Waals surface area contributed by atoms with Crippen molar-refractivity contribution in [3.63, 3.8) is 0 Å². The molecule has 2 heterocycles. The highest BCUT2D eigenvalue weighted by Gasteiger charge is 2.55. The van der Waals surface area contributed by atoms with Gasteiger partial charge in [-0.05, 0) is 12.8 Å². The van der Waals surface area contributed by atoms with Crippen LogP contribution in [0, 0.1) is 0 Å². The van der Waals surface area contributed by atoms with Gasteiger partial charge in [0.1, 0.15) is 12.1 Å². The molecule has 124 valence electrons. The van der Waals surface area contributed by atoms with Gasteiger partial charge in [-0.1, -0.05) is 19.3 Å². The fourth-order valence-corrected chi connectivity index (χ4v) is 4.13. The normalized spacial score (nSPS) is 21.6. The summed E-state index contributed by atoms with van der Waals surface area (Å²) >= 11 is 1.34. The molecule has 1 aromatic heterocycles. The van der Waals surface area contributed by atoms with Gasteiger partial charge < -0.3 is 9.47 Å². The molecule has 0 N–H and O–H groups in total. The number of carbonyl (C=O) groups excluding carboxylic acids is 3. The van der Waals surface area contributed by atoms with Gasteiger partial charge in [-0.3, -0.25) is 14.5 Å². The molecule has 0 unspecified atom stereocenters. The molecule has 1 saturated heterocycles. The Morgan fingerprint density at radius 2 is 1.96 bits per heavy atom. The van der Waals surface area contributed by atoms with E-state index in [4.69, 9.17) is 0 Å². The van der Waals surface area contributed by atoms with E-state index >= 15 is 0 Å². The summed E-state index contributed by atoms with van der Waals surface area (Å²) in [6.45, 7) is -0.290. The van der Waals surface area contributed by atoms with Crippen LogP contribution in [0.25, 0.3) is 0 Å². The monoisotopic (exact) mass is 336 g/mol. The van der Waals surface area contributed by atoms with E-state index in [0.29, 0.717) is 17.6 Å². The van der Waals surface area contributed by atoms with Gasteiger partial charge >= 0.3 is 6.03 Å². The minimum Gasteiger partial charge on any atom is -0.327 e. The number of hydrogen-bond donors (Lipinski definition) is 0. The number of aromatic nitrogens is 1. The summed E-state index contributed by atoms with van der Waals surface area (Å²) in [4.78, 5) is 44.5. The van der Waals surface area contributed by atoms with E-state index in [0.717, 1.165) is 24.2 Å². The summed E-state index contributed by atoms with van der Waals surface area (Å²) in [6, 6.07) is -0.393. The Morgan fingerprint density at radius 3 is 2.57 bits per heavy atom. The summed E-state index contributed by atoms with van der Waals surface area (Å²) in [5.41, 5.74) is -0.747. The van der Waals surface area contributed by atoms with Crippen molar-refractivity contribution < 1.29 is 14.4 Å². The van der Waals surface area contributed by atoms with Gasteiger partial charge in [0.2, 0.25) is 0 Å². The lowest BCUT2D eigenvalue weighted by atomic mass is 9.81. The Kier molecular flexibility index (Phi) is 4.09. The highest BCUT2D eigenvalue weighted by Crippen LogP contribution is 2.39. The lowest BCUT2D eigenvalue weighted by Crippen LogP contribution is -2.49. The maximum atomic E-state index is 12.8. The number of nitrogens with zero attached hydrogens (tertiary/aromatic N) is 4. The van der Waals surface area contributed by atoms with Crippen LogP contribution in [0.3, 0.4) is 0 Å². The van der Waals surface area contributed by atoms with Crippen molar-refractivity contribution >= 4 is 29.2 Å². The Labute approximate surface area is 138 Å². The number of imide groups is 1. The zero-order valence-corrected chi connectivity index (χ0v) is 14.1. The van der Waals surface area contributed by atoms with Gasteiger partial charge in [0.05, 0.1) is 0 Å². The molecule has 1 spiro atoms. The number of amides is 4. The molecule has 8 heteroatoms. The fraction of sp³-hybridized carbons (Fsp3) is 0.600. The van der Waals surface area contributed by atoms with Gasteiger partial charge in [0.15, 0.2) is 4.80 Å². The summed E-state index contributed by atoms with van der Waals surface area (Å²) in [5.74, 6) is -0.727. The number of carbonyl (C=O) groups is 3. The summed E-state index contributed by atoms with van der Waals surface area (Å²) in [6.07, 6.45) is 6.10. The highest BCUT2D eigenvalue weighted by atomic mass is 32.1. The third kappa shape index (κ3) is 2.60. The Bertz CT molecular complexity index is 714. The second-order valence-electron chi connectivity index (χ2n) is 6.13. The zero-order chi connectivity index (χ0) is 16.6. The molecular formula is C15H20N4O3S. The largest absolute Gasteiger partial charge is 0.327 e. The third-order valence-corrected chi connectivity index (χ3v) is 5.61. The molecule has 1 aromatic rings. The van der Waals surface area contributed by atoms with Gasteiger partial charge in [0, 0.05) is 25.7 Å². The maximum Gasteiger partial charge on any atom is 0.327 e. The average Bonchev–Trinajstić information content (AvgIpc) is 3.01. The molecule has 1 aliphatic carbocycles. The molecule has 1 aliphatic heterocycles. The fourth-order valence-electron chi connectivity index (χ4n) is 3.38. The first kappa shape index (κ1) is 15.9. The number of urea groups is 1. The summed E-state index contributed by atoms with van der Waals surface area (Å²) < 4.78 is 1.73. The first-order valence-corrected chi connectivity index (χ1v) is 8.61. The number of hydrogen-bond acceptors (Lipinski definition) is 4. The van der Waals surface area contributed by atoms with Crippen molar-refractivity contribution in [2.24, 2.45) is 12.0 Å². The Hall–Kier alpha value is -1.96. The van der Waals surface area contributed by atoms with Gasteiger partial charge in [-0.25, -0.2) is 4.79 Å². The maximum absolute atomic E-state index is 12.8. The molecule has 4 amide bonds. The molecule has 3 rings (SSSR count). The van der Waals surface area contributed by atoms with Gasteiger partial charge in [0.25, 0.3) is 11.8 Å². The van der Waals surface area contributed by atoms with Gasteiger partial charge in [-0.15, -0.1) is 11.3 Å². The molecule has 0 atom stereocenters. The van der Waals surface area contributed by atoms with Gasteiger partial charge in [-0.2, -0.15) is 4.99 Å².